The number of methoxy groups -OCH3 is 1. The topological polar surface area (TPSA) is 109 Å². The number of pyridine rings is 1. The number of halogens is 1. The summed E-state index contributed by atoms with van der Waals surface area (Å²) >= 11 is 5.82. The summed E-state index contributed by atoms with van der Waals surface area (Å²) in [4.78, 5) is 26.2. The third-order valence-electron chi connectivity index (χ3n) is 3.31. The van der Waals surface area contributed by atoms with Crippen molar-refractivity contribution in [2.75, 3.05) is 25.9 Å². The number of aromatic amines is 1. The molecule has 110 valence electrons. The summed E-state index contributed by atoms with van der Waals surface area (Å²) < 4.78 is 5.30. The van der Waals surface area contributed by atoms with Crippen LogP contribution in [-0.4, -0.2) is 43.2 Å². The summed E-state index contributed by atoms with van der Waals surface area (Å²) in [6.45, 7) is 1.43. The van der Waals surface area contributed by atoms with Crippen molar-refractivity contribution in [1.29, 1.82) is 0 Å². The van der Waals surface area contributed by atoms with Gasteiger partial charge in [-0.15, -0.1) is 0 Å². The smallest absolute Gasteiger partial charge is 0.262 e. The number of hydrogen-bond acceptors (Lipinski definition) is 5. The number of hydrogen-bond donors (Lipinski definition) is 4. The van der Waals surface area contributed by atoms with Crippen LogP contribution in [0.1, 0.15) is 16.8 Å². The van der Waals surface area contributed by atoms with Crippen molar-refractivity contribution in [3.63, 3.8) is 0 Å². The Bertz CT molecular complexity index is 560. The van der Waals surface area contributed by atoms with Crippen LogP contribution >= 0.6 is 11.6 Å². The summed E-state index contributed by atoms with van der Waals surface area (Å²) in [6, 6.07) is 1.12. The van der Waals surface area contributed by atoms with Crippen molar-refractivity contribution < 1.29 is 9.53 Å². The lowest BCUT2D eigenvalue weighted by Crippen LogP contribution is -2.54. The SMILES string of the molecule is CO[C@H]1CNCC[C@@H]1NC(=O)c1cc(Cl)c(N)[nH]c1=O. The van der Waals surface area contributed by atoms with E-state index in [0.717, 1.165) is 13.0 Å². The van der Waals surface area contributed by atoms with Crippen LogP contribution in [-0.2, 0) is 4.74 Å². The van der Waals surface area contributed by atoms with Gasteiger partial charge in [-0.1, -0.05) is 11.6 Å². The van der Waals surface area contributed by atoms with Crippen LogP contribution in [0.25, 0.3) is 0 Å². The molecular formula is C12H17ClN4O3. The molecule has 0 spiro atoms. The second-order valence-electron chi connectivity index (χ2n) is 4.62. The van der Waals surface area contributed by atoms with Gasteiger partial charge in [-0.05, 0) is 19.0 Å². The summed E-state index contributed by atoms with van der Waals surface area (Å²) in [5, 5.41) is 6.12. The van der Waals surface area contributed by atoms with Gasteiger partial charge in [-0.25, -0.2) is 0 Å². The van der Waals surface area contributed by atoms with E-state index in [4.69, 9.17) is 22.1 Å². The van der Waals surface area contributed by atoms with Gasteiger partial charge in [0.2, 0.25) is 0 Å². The molecule has 2 heterocycles. The van der Waals surface area contributed by atoms with Crippen LogP contribution in [0.2, 0.25) is 5.02 Å². The molecule has 0 bridgehead atoms. The minimum atomic E-state index is -0.563. The fourth-order valence-electron chi connectivity index (χ4n) is 2.18. The lowest BCUT2D eigenvalue weighted by molar-refractivity contribution is 0.0476. The molecule has 20 heavy (non-hydrogen) atoms. The van der Waals surface area contributed by atoms with Crippen LogP contribution in [0.5, 0.6) is 0 Å². The highest BCUT2D eigenvalue weighted by molar-refractivity contribution is 6.33. The van der Waals surface area contributed by atoms with Crippen LogP contribution in [0, 0.1) is 0 Å². The molecule has 8 heteroatoms. The van der Waals surface area contributed by atoms with Crippen molar-refractivity contribution in [2.45, 2.75) is 18.6 Å². The molecule has 1 aliphatic heterocycles. The summed E-state index contributed by atoms with van der Waals surface area (Å²) in [6.07, 6.45) is 0.598. The van der Waals surface area contributed by atoms with E-state index in [9.17, 15) is 9.59 Å². The number of rotatable bonds is 3. The van der Waals surface area contributed by atoms with E-state index in [-0.39, 0.29) is 28.5 Å². The zero-order valence-corrected chi connectivity index (χ0v) is 11.8. The molecule has 0 unspecified atom stereocenters. The standard InChI is InChI=1S/C12H17ClN4O3/c1-20-9-5-15-3-2-8(9)16-11(18)6-4-7(13)10(14)17-12(6)19/h4,8-9,15H,2-3,5H2,1H3,(H,16,18)(H3,14,17,19)/t8-,9-/m0/s1. The van der Waals surface area contributed by atoms with E-state index in [2.05, 4.69) is 15.6 Å². The number of ether oxygens (including phenoxy) is 1. The van der Waals surface area contributed by atoms with Crippen molar-refractivity contribution in [1.82, 2.24) is 15.6 Å². The number of nitrogens with two attached hydrogens (primary N) is 1. The van der Waals surface area contributed by atoms with Crippen LogP contribution < -0.4 is 21.9 Å². The van der Waals surface area contributed by atoms with Crippen LogP contribution in [0.4, 0.5) is 5.82 Å². The van der Waals surface area contributed by atoms with Crippen molar-refractivity contribution in [3.8, 4) is 0 Å². The van der Waals surface area contributed by atoms with Gasteiger partial charge < -0.3 is 26.1 Å². The summed E-state index contributed by atoms with van der Waals surface area (Å²) in [7, 11) is 1.59. The molecule has 1 fully saturated rings. The quantitative estimate of drug-likeness (QED) is 0.614. The maximum atomic E-state index is 12.2. The Labute approximate surface area is 120 Å². The van der Waals surface area contributed by atoms with E-state index in [1.165, 1.54) is 6.07 Å². The number of carbonyl (C=O) groups is 1. The first-order valence-corrected chi connectivity index (χ1v) is 6.63. The first-order valence-electron chi connectivity index (χ1n) is 6.25. The third-order valence-corrected chi connectivity index (χ3v) is 3.62. The Hall–Kier alpha value is -1.57. The molecular weight excluding hydrogens is 284 g/mol. The fraction of sp³-hybridized carbons (Fsp3) is 0.500. The largest absolute Gasteiger partial charge is 0.384 e. The molecule has 7 nitrogen and oxygen atoms in total. The fourth-order valence-corrected chi connectivity index (χ4v) is 2.33. The third kappa shape index (κ3) is 3.12. The number of anilines is 1. The highest BCUT2D eigenvalue weighted by atomic mass is 35.5. The predicted molar refractivity (Wildman–Crippen MR) is 76.0 cm³/mol. The molecule has 0 radical (unpaired) electrons. The number of amides is 1. The van der Waals surface area contributed by atoms with E-state index >= 15 is 0 Å². The molecule has 1 aromatic heterocycles. The minimum absolute atomic E-state index is 0.0462. The first kappa shape index (κ1) is 14.8. The number of nitrogen functional groups attached to an aromatic ring is 1. The molecule has 2 rings (SSSR count). The van der Waals surface area contributed by atoms with Gasteiger partial charge in [0.1, 0.15) is 11.4 Å². The van der Waals surface area contributed by atoms with Gasteiger partial charge >= 0.3 is 0 Å². The van der Waals surface area contributed by atoms with Crippen molar-refractivity contribution in [3.05, 3.63) is 27.0 Å². The molecule has 1 aromatic rings. The molecule has 1 aliphatic rings. The molecule has 0 aliphatic carbocycles. The predicted octanol–water partition coefficient (Wildman–Crippen LogP) is -0.283. The van der Waals surface area contributed by atoms with Crippen molar-refractivity contribution >= 4 is 23.3 Å². The lowest BCUT2D eigenvalue weighted by Gasteiger charge is -2.31. The number of piperidine rings is 1. The van der Waals surface area contributed by atoms with Gasteiger partial charge in [-0.2, -0.15) is 0 Å². The first-order chi connectivity index (χ1) is 9.52. The molecule has 2 atom stereocenters. The second-order valence-corrected chi connectivity index (χ2v) is 5.03. The normalized spacial score (nSPS) is 22.5. The maximum absolute atomic E-state index is 12.2. The second kappa shape index (κ2) is 6.25. The molecule has 1 amide bonds. The number of carbonyl (C=O) groups excluding carboxylic acids is 1. The van der Waals surface area contributed by atoms with Crippen LogP contribution in [0.3, 0.4) is 0 Å². The van der Waals surface area contributed by atoms with Gasteiger partial charge in [0, 0.05) is 13.7 Å². The van der Waals surface area contributed by atoms with Gasteiger partial charge in [0.15, 0.2) is 0 Å². The van der Waals surface area contributed by atoms with Gasteiger partial charge in [-0.3, -0.25) is 9.59 Å². The van der Waals surface area contributed by atoms with E-state index < -0.39 is 11.5 Å². The Morgan fingerprint density at radius 1 is 1.60 bits per heavy atom. The maximum Gasteiger partial charge on any atom is 0.262 e. The Morgan fingerprint density at radius 3 is 3.05 bits per heavy atom. The summed E-state index contributed by atoms with van der Waals surface area (Å²) in [5.41, 5.74) is 4.85. The minimum Gasteiger partial charge on any atom is -0.384 e. The van der Waals surface area contributed by atoms with E-state index in [1.54, 1.807) is 7.11 Å². The zero-order chi connectivity index (χ0) is 14.7. The average Bonchev–Trinajstić information content (AvgIpc) is 2.43. The highest BCUT2D eigenvalue weighted by Crippen LogP contribution is 2.15. The molecule has 1 saturated heterocycles. The Morgan fingerprint density at radius 2 is 2.35 bits per heavy atom. The van der Waals surface area contributed by atoms with Gasteiger partial charge in [0.05, 0.1) is 17.2 Å². The highest BCUT2D eigenvalue weighted by Gasteiger charge is 2.27. The van der Waals surface area contributed by atoms with E-state index in [0.29, 0.717) is 6.54 Å². The number of nitrogens with one attached hydrogen (secondary N) is 3. The zero-order valence-electron chi connectivity index (χ0n) is 11.0. The lowest BCUT2D eigenvalue weighted by atomic mass is 10.0. The summed E-state index contributed by atoms with van der Waals surface area (Å²) in [5.74, 6) is -0.438. The van der Waals surface area contributed by atoms with E-state index in [1.807, 2.05) is 0 Å². The monoisotopic (exact) mass is 300 g/mol. The van der Waals surface area contributed by atoms with Crippen molar-refractivity contribution in [2.24, 2.45) is 0 Å². The number of H-pyrrole nitrogens is 1. The van der Waals surface area contributed by atoms with Gasteiger partial charge in [0.25, 0.3) is 11.5 Å². The Kier molecular flexibility index (Phi) is 4.64. The average molecular weight is 301 g/mol. The molecule has 0 saturated carbocycles. The Balaban J connectivity index is 2.15. The van der Waals surface area contributed by atoms with Crippen LogP contribution in [0.15, 0.2) is 10.9 Å². The molecule has 0 aromatic carbocycles. The number of aromatic nitrogens is 1. The molecule has 5 N–H and O–H groups in total.